The zero-order chi connectivity index (χ0) is 18.7. The zero-order valence-corrected chi connectivity index (χ0v) is 15.2. The number of ether oxygens (including phenoxy) is 1. The number of benzene rings is 2. The fraction of sp³-hybridized carbons (Fsp3) is 0.250. The van der Waals surface area contributed by atoms with E-state index in [2.05, 4.69) is 36.3 Å². The Kier molecular flexibility index (Phi) is 4.75. The van der Waals surface area contributed by atoms with Crippen molar-refractivity contribution >= 4 is 11.9 Å². The van der Waals surface area contributed by atoms with E-state index in [1.54, 1.807) is 25.3 Å². The van der Waals surface area contributed by atoms with Crippen LogP contribution in [0.3, 0.4) is 0 Å². The predicted molar refractivity (Wildman–Crippen MR) is 99.4 cm³/mol. The van der Waals surface area contributed by atoms with Crippen LogP contribution in [0.25, 0.3) is 11.5 Å². The van der Waals surface area contributed by atoms with Crippen molar-refractivity contribution < 1.29 is 13.9 Å². The number of hydrogen-bond donors (Lipinski definition) is 1. The van der Waals surface area contributed by atoms with Crippen molar-refractivity contribution in [2.75, 3.05) is 12.4 Å². The summed E-state index contributed by atoms with van der Waals surface area (Å²) in [6.45, 7) is 6.37. The van der Waals surface area contributed by atoms with Crippen molar-refractivity contribution in [2.45, 2.75) is 26.2 Å². The lowest BCUT2D eigenvalue weighted by molar-refractivity contribution is 0.102. The third kappa shape index (κ3) is 3.74. The quantitative estimate of drug-likeness (QED) is 0.758. The molecule has 0 bridgehead atoms. The Morgan fingerprint density at radius 1 is 1.04 bits per heavy atom. The molecule has 0 aliphatic heterocycles. The Bertz CT molecular complexity index is 909. The summed E-state index contributed by atoms with van der Waals surface area (Å²) in [7, 11) is 1.57. The van der Waals surface area contributed by atoms with Crippen LogP contribution in [0.15, 0.2) is 52.9 Å². The van der Waals surface area contributed by atoms with Crippen LogP contribution in [0.1, 0.15) is 36.7 Å². The maximum Gasteiger partial charge on any atom is 0.322 e. The largest absolute Gasteiger partial charge is 0.496 e. The second-order valence-corrected chi connectivity index (χ2v) is 6.89. The first kappa shape index (κ1) is 17.7. The van der Waals surface area contributed by atoms with Gasteiger partial charge >= 0.3 is 6.01 Å². The highest BCUT2D eigenvalue weighted by Crippen LogP contribution is 2.29. The number of nitrogens with one attached hydrogen (secondary N) is 1. The van der Waals surface area contributed by atoms with Gasteiger partial charge < -0.3 is 9.15 Å². The summed E-state index contributed by atoms with van der Waals surface area (Å²) >= 11 is 0. The molecule has 1 N–H and O–H groups in total. The third-order valence-corrected chi connectivity index (χ3v) is 4.00. The second-order valence-electron chi connectivity index (χ2n) is 6.89. The summed E-state index contributed by atoms with van der Waals surface area (Å²) in [5, 5.41) is 10.5. The van der Waals surface area contributed by atoms with Crippen LogP contribution in [0.4, 0.5) is 6.01 Å². The molecule has 0 aliphatic carbocycles. The second kappa shape index (κ2) is 7.00. The number of carbonyl (C=O) groups is 1. The maximum atomic E-state index is 12.4. The molecular weight excluding hydrogens is 330 g/mol. The molecule has 134 valence electrons. The van der Waals surface area contributed by atoms with Gasteiger partial charge in [-0.1, -0.05) is 50.1 Å². The number of carbonyl (C=O) groups excluding carboxylic acids is 1. The number of methoxy groups -OCH3 is 1. The number of aromatic nitrogens is 2. The highest BCUT2D eigenvalue weighted by atomic mass is 16.5. The van der Waals surface area contributed by atoms with Crippen LogP contribution in [-0.2, 0) is 5.41 Å². The van der Waals surface area contributed by atoms with Crippen molar-refractivity contribution in [3.63, 3.8) is 0 Å². The zero-order valence-electron chi connectivity index (χ0n) is 15.2. The molecule has 0 unspecified atom stereocenters. The smallest absolute Gasteiger partial charge is 0.322 e. The van der Waals surface area contributed by atoms with Crippen LogP contribution in [-0.4, -0.2) is 23.2 Å². The minimum Gasteiger partial charge on any atom is -0.496 e. The number of para-hydroxylation sites is 1. The van der Waals surface area contributed by atoms with Gasteiger partial charge in [0.15, 0.2) is 0 Å². The van der Waals surface area contributed by atoms with E-state index in [1.807, 2.05) is 30.3 Å². The van der Waals surface area contributed by atoms with Crippen LogP contribution < -0.4 is 10.1 Å². The normalized spacial score (nSPS) is 11.2. The Labute approximate surface area is 152 Å². The fourth-order valence-corrected chi connectivity index (χ4v) is 2.49. The Balaban J connectivity index is 1.76. The molecule has 2 aromatic carbocycles. The highest BCUT2D eigenvalue weighted by molar-refractivity contribution is 6.03. The van der Waals surface area contributed by atoms with Gasteiger partial charge in [0.05, 0.1) is 12.7 Å². The molecule has 3 aromatic rings. The monoisotopic (exact) mass is 351 g/mol. The molecule has 6 heteroatoms. The van der Waals surface area contributed by atoms with E-state index in [0.29, 0.717) is 16.9 Å². The Morgan fingerprint density at radius 2 is 1.73 bits per heavy atom. The summed E-state index contributed by atoms with van der Waals surface area (Å²) < 4.78 is 10.8. The predicted octanol–water partition coefficient (Wildman–Crippen LogP) is 4.30. The van der Waals surface area contributed by atoms with E-state index < -0.39 is 0 Å². The summed E-state index contributed by atoms with van der Waals surface area (Å²) in [4.78, 5) is 12.4. The molecule has 0 saturated carbocycles. The lowest BCUT2D eigenvalue weighted by Gasteiger charge is -2.18. The highest BCUT2D eigenvalue weighted by Gasteiger charge is 2.17. The van der Waals surface area contributed by atoms with E-state index >= 15 is 0 Å². The van der Waals surface area contributed by atoms with Crippen LogP contribution in [0, 0.1) is 0 Å². The molecular formula is C20H21N3O3. The minimum absolute atomic E-state index is 0.0329. The Morgan fingerprint density at radius 3 is 2.38 bits per heavy atom. The molecule has 0 fully saturated rings. The maximum absolute atomic E-state index is 12.4. The summed E-state index contributed by atoms with van der Waals surface area (Å²) in [6, 6.07) is 14.8. The number of nitrogens with zero attached hydrogens (tertiary/aromatic N) is 2. The number of rotatable bonds is 4. The SMILES string of the molecule is COc1ccccc1-c1nnc(NC(=O)c2ccc(C(C)(C)C)cc2)o1. The molecule has 26 heavy (non-hydrogen) atoms. The van der Waals surface area contributed by atoms with Crippen LogP contribution in [0.5, 0.6) is 5.75 Å². The van der Waals surface area contributed by atoms with E-state index in [4.69, 9.17) is 9.15 Å². The fourth-order valence-electron chi connectivity index (χ4n) is 2.49. The van der Waals surface area contributed by atoms with Gasteiger partial charge in [0, 0.05) is 5.56 Å². The van der Waals surface area contributed by atoms with Gasteiger partial charge in [0.1, 0.15) is 5.75 Å². The first-order chi connectivity index (χ1) is 12.4. The van der Waals surface area contributed by atoms with Crippen molar-refractivity contribution in [3.8, 4) is 17.2 Å². The summed E-state index contributed by atoms with van der Waals surface area (Å²) in [5.74, 6) is 0.591. The lowest BCUT2D eigenvalue weighted by Crippen LogP contribution is -2.14. The molecule has 0 atom stereocenters. The van der Waals surface area contributed by atoms with E-state index in [0.717, 1.165) is 5.56 Å². The molecule has 1 aromatic heterocycles. The molecule has 3 rings (SSSR count). The average molecular weight is 351 g/mol. The molecule has 6 nitrogen and oxygen atoms in total. The number of anilines is 1. The van der Waals surface area contributed by atoms with Gasteiger partial charge in [0.2, 0.25) is 0 Å². The molecule has 0 radical (unpaired) electrons. The standard InChI is InChI=1S/C20H21N3O3/c1-20(2,3)14-11-9-13(10-12-14)17(24)21-19-23-22-18(26-19)15-7-5-6-8-16(15)25-4/h5-12H,1-4H3,(H,21,23,24). The average Bonchev–Trinajstić information content (AvgIpc) is 3.09. The topological polar surface area (TPSA) is 77.3 Å². The first-order valence-electron chi connectivity index (χ1n) is 8.27. The van der Waals surface area contributed by atoms with Crippen molar-refractivity contribution in [1.82, 2.24) is 10.2 Å². The third-order valence-electron chi connectivity index (χ3n) is 4.00. The van der Waals surface area contributed by atoms with Crippen LogP contribution >= 0.6 is 0 Å². The summed E-state index contributed by atoms with van der Waals surface area (Å²) in [5.41, 5.74) is 2.38. The Hall–Kier alpha value is -3.15. The first-order valence-corrected chi connectivity index (χ1v) is 8.27. The lowest BCUT2D eigenvalue weighted by atomic mass is 9.87. The van der Waals surface area contributed by atoms with Crippen molar-refractivity contribution in [2.24, 2.45) is 0 Å². The van der Waals surface area contributed by atoms with Gasteiger partial charge in [0.25, 0.3) is 11.8 Å². The van der Waals surface area contributed by atoms with Crippen LogP contribution in [0.2, 0.25) is 0 Å². The number of hydrogen-bond acceptors (Lipinski definition) is 5. The molecule has 0 saturated heterocycles. The number of amides is 1. The molecule has 1 amide bonds. The van der Waals surface area contributed by atoms with E-state index in [9.17, 15) is 4.79 Å². The minimum atomic E-state index is -0.305. The van der Waals surface area contributed by atoms with Crippen molar-refractivity contribution in [3.05, 3.63) is 59.7 Å². The van der Waals surface area contributed by atoms with Gasteiger partial charge in [-0.3, -0.25) is 10.1 Å². The van der Waals surface area contributed by atoms with E-state index in [-0.39, 0.29) is 23.2 Å². The molecule has 1 heterocycles. The van der Waals surface area contributed by atoms with Gasteiger partial charge in [-0.2, -0.15) is 0 Å². The van der Waals surface area contributed by atoms with Crippen molar-refractivity contribution in [1.29, 1.82) is 0 Å². The molecule has 0 spiro atoms. The van der Waals surface area contributed by atoms with E-state index in [1.165, 1.54) is 0 Å². The van der Waals surface area contributed by atoms with Gasteiger partial charge in [-0.15, -0.1) is 5.10 Å². The van der Waals surface area contributed by atoms with Gasteiger partial charge in [-0.05, 0) is 35.2 Å². The summed E-state index contributed by atoms with van der Waals surface area (Å²) in [6.07, 6.45) is 0. The molecule has 0 aliphatic rings. The van der Waals surface area contributed by atoms with Gasteiger partial charge in [-0.25, -0.2) is 0 Å².